The van der Waals surface area contributed by atoms with Gasteiger partial charge in [-0.1, -0.05) is 17.4 Å². The van der Waals surface area contributed by atoms with Crippen LogP contribution in [0.15, 0.2) is 42.5 Å². The third-order valence-electron chi connectivity index (χ3n) is 3.96. The van der Waals surface area contributed by atoms with Crippen molar-refractivity contribution in [3.63, 3.8) is 0 Å². The monoisotopic (exact) mass is 438 g/mol. The number of hydrogen-bond acceptors (Lipinski definition) is 6. The Balaban J connectivity index is 1.59. The molecule has 0 saturated carbocycles. The first-order chi connectivity index (χ1) is 14.3. The second kappa shape index (κ2) is 8.99. The highest BCUT2D eigenvalue weighted by molar-refractivity contribution is 7.15. The number of alkyl halides is 3. The Labute approximate surface area is 173 Å². The molecule has 0 atom stereocenters. The average Bonchev–Trinajstić information content (AvgIpc) is 3.14. The number of carbonyl (C=O) groups is 1. The minimum absolute atomic E-state index is 0.218. The Hall–Kier alpha value is -3.34. The Morgan fingerprint density at radius 1 is 1.00 bits per heavy atom. The number of nitrogens with one attached hydrogen (secondary N) is 2. The zero-order valence-electron chi connectivity index (χ0n) is 15.9. The maximum absolute atomic E-state index is 12.6. The van der Waals surface area contributed by atoms with E-state index in [1.807, 2.05) is 12.1 Å². The molecule has 2 N–H and O–H groups in total. The number of urea groups is 1. The van der Waals surface area contributed by atoms with E-state index in [0.717, 1.165) is 17.7 Å². The van der Waals surface area contributed by atoms with E-state index < -0.39 is 17.8 Å². The fraction of sp³-hybridized carbons (Fsp3) is 0.211. The second-order valence-electron chi connectivity index (χ2n) is 6.02. The zero-order chi connectivity index (χ0) is 21.7. The van der Waals surface area contributed by atoms with Crippen molar-refractivity contribution in [2.75, 3.05) is 24.9 Å². The maximum Gasteiger partial charge on any atom is 0.416 e. The molecule has 0 aliphatic heterocycles. The summed E-state index contributed by atoms with van der Waals surface area (Å²) in [6.07, 6.45) is -3.96. The van der Waals surface area contributed by atoms with E-state index in [4.69, 9.17) is 9.47 Å². The van der Waals surface area contributed by atoms with Crippen molar-refractivity contribution in [3.8, 4) is 11.5 Å². The van der Waals surface area contributed by atoms with Crippen molar-refractivity contribution >= 4 is 28.2 Å². The number of rotatable bonds is 6. The van der Waals surface area contributed by atoms with E-state index in [1.54, 1.807) is 20.3 Å². The standard InChI is InChI=1S/C19H17F3N4O3S/c1-28-14-8-3-11(9-15(14)29-2)10-16-25-26-18(30-16)24-17(27)23-13-6-4-12(5-7-13)19(20,21)22/h3-9H,10H2,1-2H3,(H2,23,24,26,27). The normalized spacial score (nSPS) is 11.1. The third kappa shape index (κ3) is 5.38. The predicted molar refractivity (Wildman–Crippen MR) is 106 cm³/mol. The second-order valence-corrected chi connectivity index (χ2v) is 7.08. The van der Waals surface area contributed by atoms with Crippen LogP contribution in [0.5, 0.6) is 11.5 Å². The van der Waals surface area contributed by atoms with Gasteiger partial charge in [0.25, 0.3) is 0 Å². The van der Waals surface area contributed by atoms with E-state index in [-0.39, 0.29) is 10.8 Å². The van der Waals surface area contributed by atoms with Crippen LogP contribution in [0.1, 0.15) is 16.1 Å². The van der Waals surface area contributed by atoms with Gasteiger partial charge in [-0.15, -0.1) is 10.2 Å². The molecule has 2 amide bonds. The summed E-state index contributed by atoms with van der Waals surface area (Å²) in [4.78, 5) is 12.0. The van der Waals surface area contributed by atoms with Crippen molar-refractivity contribution in [2.24, 2.45) is 0 Å². The number of halogens is 3. The van der Waals surface area contributed by atoms with Gasteiger partial charge in [-0.25, -0.2) is 4.79 Å². The van der Waals surface area contributed by atoms with Gasteiger partial charge in [-0.2, -0.15) is 13.2 Å². The average molecular weight is 438 g/mol. The van der Waals surface area contributed by atoms with E-state index in [1.165, 1.54) is 23.5 Å². The minimum Gasteiger partial charge on any atom is -0.493 e. The van der Waals surface area contributed by atoms with Crippen LogP contribution in [0.25, 0.3) is 0 Å². The summed E-state index contributed by atoms with van der Waals surface area (Å²) in [6, 6.07) is 8.96. The van der Waals surface area contributed by atoms with Crippen LogP contribution in [-0.2, 0) is 12.6 Å². The number of benzene rings is 2. The predicted octanol–water partition coefficient (Wildman–Crippen LogP) is 4.81. The zero-order valence-corrected chi connectivity index (χ0v) is 16.7. The Kier molecular flexibility index (Phi) is 6.40. The molecule has 0 saturated heterocycles. The SMILES string of the molecule is COc1ccc(Cc2nnc(NC(=O)Nc3ccc(C(F)(F)F)cc3)s2)cc1OC. The number of hydrogen-bond donors (Lipinski definition) is 2. The Morgan fingerprint density at radius 2 is 1.70 bits per heavy atom. The smallest absolute Gasteiger partial charge is 0.416 e. The van der Waals surface area contributed by atoms with Gasteiger partial charge in [0.2, 0.25) is 5.13 Å². The fourth-order valence-corrected chi connectivity index (χ4v) is 3.31. The molecule has 0 aliphatic carbocycles. The molecule has 0 aliphatic rings. The summed E-state index contributed by atoms with van der Waals surface area (Å²) in [5, 5.41) is 13.8. The molecule has 2 aromatic carbocycles. The molecule has 0 unspecified atom stereocenters. The first-order valence-electron chi connectivity index (χ1n) is 8.57. The highest BCUT2D eigenvalue weighted by Gasteiger charge is 2.30. The van der Waals surface area contributed by atoms with Crippen molar-refractivity contribution in [1.29, 1.82) is 0 Å². The topological polar surface area (TPSA) is 85.4 Å². The molecule has 1 aromatic heterocycles. The van der Waals surface area contributed by atoms with Gasteiger partial charge in [0.1, 0.15) is 5.01 Å². The number of methoxy groups -OCH3 is 2. The summed E-state index contributed by atoms with van der Waals surface area (Å²) >= 11 is 1.18. The molecule has 0 fully saturated rings. The molecule has 30 heavy (non-hydrogen) atoms. The van der Waals surface area contributed by atoms with E-state index >= 15 is 0 Å². The fourth-order valence-electron chi connectivity index (χ4n) is 2.54. The summed E-state index contributed by atoms with van der Waals surface area (Å²) < 4.78 is 48.2. The van der Waals surface area contributed by atoms with Crippen LogP contribution in [0.3, 0.4) is 0 Å². The van der Waals surface area contributed by atoms with E-state index in [2.05, 4.69) is 20.8 Å². The number of carbonyl (C=O) groups excluding carboxylic acids is 1. The lowest BCUT2D eigenvalue weighted by Crippen LogP contribution is -2.19. The molecular formula is C19H17F3N4O3S. The Bertz CT molecular complexity index is 1020. The van der Waals surface area contributed by atoms with Gasteiger partial charge in [0, 0.05) is 12.1 Å². The molecule has 0 spiro atoms. The number of aromatic nitrogens is 2. The first-order valence-corrected chi connectivity index (χ1v) is 9.38. The Morgan fingerprint density at radius 3 is 2.33 bits per heavy atom. The van der Waals surface area contributed by atoms with Crippen molar-refractivity contribution in [3.05, 3.63) is 58.6 Å². The molecule has 3 aromatic rings. The van der Waals surface area contributed by atoms with Gasteiger partial charge >= 0.3 is 12.2 Å². The lowest BCUT2D eigenvalue weighted by atomic mass is 10.1. The van der Waals surface area contributed by atoms with Gasteiger partial charge in [-0.3, -0.25) is 5.32 Å². The van der Waals surface area contributed by atoms with Crippen LogP contribution in [0, 0.1) is 0 Å². The maximum atomic E-state index is 12.6. The summed E-state index contributed by atoms with van der Waals surface area (Å²) in [7, 11) is 3.10. The third-order valence-corrected chi connectivity index (χ3v) is 4.80. The molecule has 158 valence electrons. The quantitative estimate of drug-likeness (QED) is 0.577. The first kappa shape index (κ1) is 21.4. The van der Waals surface area contributed by atoms with Crippen LogP contribution >= 0.6 is 11.3 Å². The van der Waals surface area contributed by atoms with Crippen LogP contribution in [0.2, 0.25) is 0 Å². The summed E-state index contributed by atoms with van der Waals surface area (Å²) in [6.45, 7) is 0. The lowest BCUT2D eigenvalue weighted by molar-refractivity contribution is -0.137. The van der Waals surface area contributed by atoms with Crippen LogP contribution < -0.4 is 20.1 Å². The van der Waals surface area contributed by atoms with Crippen LogP contribution in [-0.4, -0.2) is 30.4 Å². The van der Waals surface area contributed by atoms with Gasteiger partial charge in [0.15, 0.2) is 11.5 Å². The number of amides is 2. The van der Waals surface area contributed by atoms with Gasteiger partial charge in [-0.05, 0) is 42.0 Å². The molecule has 7 nitrogen and oxygen atoms in total. The van der Waals surface area contributed by atoms with Crippen molar-refractivity contribution < 1.29 is 27.4 Å². The summed E-state index contributed by atoms with van der Waals surface area (Å²) in [5.41, 5.74) is 0.345. The molecular weight excluding hydrogens is 421 g/mol. The molecule has 0 radical (unpaired) electrons. The van der Waals surface area contributed by atoms with Crippen molar-refractivity contribution in [2.45, 2.75) is 12.6 Å². The van der Waals surface area contributed by atoms with E-state index in [0.29, 0.717) is 22.9 Å². The highest BCUT2D eigenvalue weighted by Crippen LogP contribution is 2.30. The number of anilines is 2. The molecule has 1 heterocycles. The highest BCUT2D eigenvalue weighted by atomic mass is 32.1. The van der Waals surface area contributed by atoms with Crippen LogP contribution in [0.4, 0.5) is 28.8 Å². The van der Waals surface area contributed by atoms with Gasteiger partial charge in [0.05, 0.1) is 19.8 Å². The summed E-state index contributed by atoms with van der Waals surface area (Å²) in [5.74, 6) is 1.20. The minimum atomic E-state index is -4.43. The number of ether oxygens (including phenoxy) is 2. The molecule has 0 bridgehead atoms. The molecule has 11 heteroatoms. The van der Waals surface area contributed by atoms with Crippen molar-refractivity contribution in [1.82, 2.24) is 10.2 Å². The molecule has 3 rings (SSSR count). The van der Waals surface area contributed by atoms with Gasteiger partial charge < -0.3 is 14.8 Å². The largest absolute Gasteiger partial charge is 0.493 e. The number of nitrogens with zero attached hydrogens (tertiary/aromatic N) is 2. The lowest BCUT2D eigenvalue weighted by Gasteiger charge is -2.08. The van der Waals surface area contributed by atoms with E-state index in [9.17, 15) is 18.0 Å².